The second-order valence-corrected chi connectivity index (χ2v) is 4.43. The van der Waals surface area contributed by atoms with Crippen molar-refractivity contribution in [3.05, 3.63) is 12.4 Å². The van der Waals surface area contributed by atoms with E-state index < -0.39 is 0 Å². The van der Waals surface area contributed by atoms with E-state index in [-0.39, 0.29) is 0 Å². The first-order valence-corrected chi connectivity index (χ1v) is 5.50. The van der Waals surface area contributed by atoms with Gasteiger partial charge in [0.15, 0.2) is 0 Å². The summed E-state index contributed by atoms with van der Waals surface area (Å²) in [6, 6.07) is 0.940. The maximum absolute atomic E-state index is 5.15. The minimum atomic E-state index is 0.328. The number of anilines is 1. The average molecular weight is 209 g/mol. The van der Waals surface area contributed by atoms with E-state index in [1.165, 1.54) is 6.42 Å². The van der Waals surface area contributed by atoms with Gasteiger partial charge in [0, 0.05) is 25.5 Å². The first-order valence-electron chi connectivity index (χ1n) is 5.50. The standard InChI is InChI=1S/C11H19N3O/c1-8-6-10(8)13-11-12-4-5-14(11)9(2)7-15-3/h4-5,8-10H,6-7H2,1-3H3,(H,12,13). The van der Waals surface area contributed by atoms with E-state index in [1.807, 2.05) is 12.4 Å². The van der Waals surface area contributed by atoms with Crippen LogP contribution in [-0.4, -0.2) is 29.3 Å². The Morgan fingerprint density at radius 2 is 2.47 bits per heavy atom. The highest BCUT2D eigenvalue weighted by molar-refractivity contribution is 5.31. The van der Waals surface area contributed by atoms with Crippen LogP contribution in [0.25, 0.3) is 0 Å². The Morgan fingerprint density at radius 3 is 3.07 bits per heavy atom. The third-order valence-electron chi connectivity index (χ3n) is 2.98. The van der Waals surface area contributed by atoms with Crippen LogP contribution in [0.3, 0.4) is 0 Å². The molecule has 1 aromatic rings. The van der Waals surface area contributed by atoms with Gasteiger partial charge in [-0.2, -0.15) is 0 Å². The molecule has 1 aliphatic rings. The number of hydrogen-bond acceptors (Lipinski definition) is 3. The largest absolute Gasteiger partial charge is 0.383 e. The topological polar surface area (TPSA) is 39.1 Å². The van der Waals surface area contributed by atoms with Gasteiger partial charge in [0.25, 0.3) is 0 Å². The van der Waals surface area contributed by atoms with E-state index in [2.05, 4.69) is 28.7 Å². The fourth-order valence-electron chi connectivity index (χ4n) is 1.79. The van der Waals surface area contributed by atoms with Crippen molar-refractivity contribution in [2.45, 2.75) is 32.4 Å². The lowest BCUT2D eigenvalue weighted by molar-refractivity contribution is 0.163. The highest BCUT2D eigenvalue weighted by atomic mass is 16.5. The molecule has 0 aromatic carbocycles. The van der Waals surface area contributed by atoms with Crippen molar-refractivity contribution in [2.24, 2.45) is 5.92 Å². The molecule has 4 nitrogen and oxygen atoms in total. The summed E-state index contributed by atoms with van der Waals surface area (Å²) in [7, 11) is 1.73. The Balaban J connectivity index is 2.01. The predicted molar refractivity (Wildman–Crippen MR) is 60.0 cm³/mol. The molecule has 1 N–H and O–H groups in total. The quantitative estimate of drug-likeness (QED) is 0.805. The molecule has 0 spiro atoms. The highest BCUT2D eigenvalue weighted by Gasteiger charge is 2.33. The van der Waals surface area contributed by atoms with E-state index in [4.69, 9.17) is 4.74 Å². The molecule has 1 aliphatic carbocycles. The molecule has 0 saturated heterocycles. The van der Waals surface area contributed by atoms with Crippen molar-refractivity contribution in [3.63, 3.8) is 0 Å². The molecule has 0 bridgehead atoms. The summed E-state index contributed by atoms with van der Waals surface area (Å²) < 4.78 is 7.28. The Morgan fingerprint density at radius 1 is 1.73 bits per heavy atom. The van der Waals surface area contributed by atoms with E-state index in [0.29, 0.717) is 18.7 Å². The number of rotatable bonds is 5. The van der Waals surface area contributed by atoms with Gasteiger partial charge in [-0.3, -0.25) is 0 Å². The maximum Gasteiger partial charge on any atom is 0.203 e. The van der Waals surface area contributed by atoms with Crippen LogP contribution >= 0.6 is 0 Å². The molecule has 1 heterocycles. The molecule has 1 fully saturated rings. The molecule has 1 aromatic heterocycles. The Labute approximate surface area is 90.6 Å². The number of nitrogens with zero attached hydrogens (tertiary/aromatic N) is 2. The second-order valence-electron chi connectivity index (χ2n) is 4.43. The first-order chi connectivity index (χ1) is 7.22. The molecule has 84 valence electrons. The van der Waals surface area contributed by atoms with Crippen molar-refractivity contribution >= 4 is 5.95 Å². The lowest BCUT2D eigenvalue weighted by atomic mass is 10.3. The first kappa shape index (κ1) is 10.5. The smallest absolute Gasteiger partial charge is 0.203 e. The van der Waals surface area contributed by atoms with Crippen LogP contribution in [-0.2, 0) is 4.74 Å². The summed E-state index contributed by atoms with van der Waals surface area (Å²) in [5.41, 5.74) is 0. The zero-order valence-electron chi connectivity index (χ0n) is 9.60. The SMILES string of the molecule is COCC(C)n1ccnc1NC1CC1C. The molecule has 3 atom stereocenters. The number of methoxy groups -OCH3 is 1. The Kier molecular flexibility index (Phi) is 2.95. The fourth-order valence-corrected chi connectivity index (χ4v) is 1.79. The number of aromatic nitrogens is 2. The van der Waals surface area contributed by atoms with Crippen LogP contribution < -0.4 is 5.32 Å². The second kappa shape index (κ2) is 4.23. The van der Waals surface area contributed by atoms with Gasteiger partial charge in [0.1, 0.15) is 0 Å². The Bertz CT molecular complexity index is 323. The monoisotopic (exact) mass is 209 g/mol. The number of hydrogen-bond donors (Lipinski definition) is 1. The molecule has 2 rings (SSSR count). The molecular weight excluding hydrogens is 190 g/mol. The van der Waals surface area contributed by atoms with E-state index in [9.17, 15) is 0 Å². The summed E-state index contributed by atoms with van der Waals surface area (Å²) >= 11 is 0. The summed E-state index contributed by atoms with van der Waals surface area (Å²) in [6.45, 7) is 5.10. The molecular formula is C11H19N3O. The van der Waals surface area contributed by atoms with Gasteiger partial charge in [-0.15, -0.1) is 0 Å². The molecule has 4 heteroatoms. The van der Waals surface area contributed by atoms with Crippen molar-refractivity contribution in [1.29, 1.82) is 0 Å². The van der Waals surface area contributed by atoms with Crippen LogP contribution in [0.15, 0.2) is 12.4 Å². The minimum Gasteiger partial charge on any atom is -0.383 e. The van der Waals surface area contributed by atoms with Crippen molar-refractivity contribution < 1.29 is 4.74 Å². The maximum atomic E-state index is 5.15. The third kappa shape index (κ3) is 2.31. The lowest BCUT2D eigenvalue weighted by Crippen LogP contribution is -2.15. The van der Waals surface area contributed by atoms with Gasteiger partial charge in [0.05, 0.1) is 12.6 Å². The molecule has 0 amide bonds. The lowest BCUT2D eigenvalue weighted by Gasteiger charge is -2.16. The van der Waals surface area contributed by atoms with Gasteiger partial charge < -0.3 is 14.6 Å². The summed E-state index contributed by atoms with van der Waals surface area (Å²) in [4.78, 5) is 4.33. The van der Waals surface area contributed by atoms with Crippen molar-refractivity contribution in [1.82, 2.24) is 9.55 Å². The predicted octanol–water partition coefficient (Wildman–Crippen LogP) is 1.91. The van der Waals surface area contributed by atoms with E-state index in [0.717, 1.165) is 11.9 Å². The molecule has 0 radical (unpaired) electrons. The Hall–Kier alpha value is -1.03. The molecule has 3 unspecified atom stereocenters. The van der Waals surface area contributed by atoms with Crippen molar-refractivity contribution in [3.8, 4) is 0 Å². The van der Waals surface area contributed by atoms with Crippen LogP contribution in [0.2, 0.25) is 0 Å². The summed E-state index contributed by atoms with van der Waals surface area (Å²) in [6.07, 6.45) is 5.09. The summed E-state index contributed by atoms with van der Waals surface area (Å²) in [5, 5.41) is 3.45. The van der Waals surface area contributed by atoms with Crippen LogP contribution in [0.4, 0.5) is 5.95 Å². The van der Waals surface area contributed by atoms with Crippen molar-refractivity contribution in [2.75, 3.05) is 19.0 Å². The van der Waals surface area contributed by atoms with Gasteiger partial charge in [-0.1, -0.05) is 6.92 Å². The number of imidazole rings is 1. The zero-order valence-corrected chi connectivity index (χ0v) is 9.60. The summed E-state index contributed by atoms with van der Waals surface area (Å²) in [5.74, 6) is 1.75. The third-order valence-corrected chi connectivity index (χ3v) is 2.98. The van der Waals surface area contributed by atoms with E-state index in [1.54, 1.807) is 7.11 Å². The number of nitrogens with one attached hydrogen (secondary N) is 1. The van der Waals surface area contributed by atoms with Gasteiger partial charge in [-0.25, -0.2) is 4.98 Å². The molecule has 15 heavy (non-hydrogen) atoms. The van der Waals surface area contributed by atoms with E-state index >= 15 is 0 Å². The van der Waals surface area contributed by atoms with Crippen LogP contribution in [0.5, 0.6) is 0 Å². The highest BCUT2D eigenvalue weighted by Crippen LogP contribution is 2.32. The normalized spacial score (nSPS) is 26.3. The minimum absolute atomic E-state index is 0.328. The number of ether oxygens (including phenoxy) is 1. The zero-order chi connectivity index (χ0) is 10.8. The fraction of sp³-hybridized carbons (Fsp3) is 0.727. The average Bonchev–Trinajstić information content (AvgIpc) is 2.72. The van der Waals surface area contributed by atoms with Crippen LogP contribution in [0, 0.1) is 5.92 Å². The van der Waals surface area contributed by atoms with Crippen LogP contribution in [0.1, 0.15) is 26.3 Å². The molecule has 1 saturated carbocycles. The van der Waals surface area contributed by atoms with Gasteiger partial charge in [-0.05, 0) is 19.3 Å². The van der Waals surface area contributed by atoms with Gasteiger partial charge in [0.2, 0.25) is 5.95 Å². The van der Waals surface area contributed by atoms with Gasteiger partial charge >= 0.3 is 0 Å². The molecule has 0 aliphatic heterocycles.